The Labute approximate surface area is 145 Å². The lowest BCUT2D eigenvalue weighted by Gasteiger charge is -2.08. The van der Waals surface area contributed by atoms with E-state index >= 15 is 0 Å². The van der Waals surface area contributed by atoms with E-state index in [0.717, 1.165) is 11.1 Å². The van der Waals surface area contributed by atoms with Crippen molar-refractivity contribution >= 4 is 17.9 Å². The summed E-state index contributed by atoms with van der Waals surface area (Å²) in [6.45, 7) is 0.433. The van der Waals surface area contributed by atoms with Crippen molar-refractivity contribution in [3.05, 3.63) is 29.8 Å². The summed E-state index contributed by atoms with van der Waals surface area (Å²) in [5, 5.41) is 10.6. The Morgan fingerprint density at radius 2 is 2.00 bits per heavy atom. The fourth-order valence-electron chi connectivity index (χ4n) is 1.77. The summed E-state index contributed by atoms with van der Waals surface area (Å²) < 4.78 is 41.0. The molecule has 11 heteroatoms. The van der Waals surface area contributed by atoms with Crippen LogP contribution >= 0.6 is 11.8 Å². The Kier molecular flexibility index (Phi) is 6.12. The molecular weight excluding hydrogens is 359 g/mol. The fraction of sp³-hybridized carbons (Fsp3) is 0.357. The first-order chi connectivity index (χ1) is 11.8. The van der Waals surface area contributed by atoms with Gasteiger partial charge in [0.2, 0.25) is 5.16 Å². The van der Waals surface area contributed by atoms with Crippen LogP contribution in [0, 0.1) is 6.92 Å². The maximum Gasteiger partial charge on any atom is 0.422 e. The summed E-state index contributed by atoms with van der Waals surface area (Å²) in [5.41, 5.74) is 1.91. The lowest BCUT2D eigenvalue weighted by Crippen LogP contribution is -2.30. The van der Waals surface area contributed by atoms with Crippen LogP contribution in [0.3, 0.4) is 0 Å². The number of nitrogen functional groups attached to an aromatic ring is 1. The Balaban J connectivity index is 1.80. The average Bonchev–Trinajstić information content (AvgIpc) is 2.91. The standard InChI is InChI=1S/C14H16F3N5O2S/c1-9-2-4-10(5-3-9)11-20-21-12(22(11)18)25-7-6-19-13(23)24-8-14(15,16)17/h2-5H,6-8,18H2,1H3,(H,19,23). The molecule has 0 unspecified atom stereocenters. The first-order valence-corrected chi connectivity index (χ1v) is 8.12. The number of aromatic nitrogens is 3. The third kappa shape index (κ3) is 5.85. The number of ether oxygens (including phenoxy) is 1. The van der Waals surface area contributed by atoms with Crippen LogP contribution in [0.2, 0.25) is 0 Å². The van der Waals surface area contributed by atoms with Crippen molar-refractivity contribution in [2.45, 2.75) is 18.3 Å². The largest absolute Gasteiger partial charge is 0.440 e. The van der Waals surface area contributed by atoms with Crippen molar-refractivity contribution in [1.29, 1.82) is 0 Å². The monoisotopic (exact) mass is 375 g/mol. The summed E-state index contributed by atoms with van der Waals surface area (Å²) in [6, 6.07) is 7.59. The summed E-state index contributed by atoms with van der Waals surface area (Å²) in [6.07, 6.45) is -5.68. The molecule has 0 saturated carbocycles. The molecule has 0 atom stereocenters. The number of halogens is 3. The number of benzene rings is 1. The number of alkyl halides is 3. The third-order valence-corrected chi connectivity index (χ3v) is 3.89. The van der Waals surface area contributed by atoms with Gasteiger partial charge in [0.05, 0.1) is 0 Å². The quantitative estimate of drug-likeness (QED) is 0.457. The number of carbonyl (C=O) groups is 1. The van der Waals surface area contributed by atoms with E-state index in [9.17, 15) is 18.0 Å². The van der Waals surface area contributed by atoms with Gasteiger partial charge >= 0.3 is 12.3 Å². The average molecular weight is 375 g/mol. The number of nitrogens with two attached hydrogens (primary N) is 1. The van der Waals surface area contributed by atoms with Crippen LogP contribution in [-0.4, -0.2) is 46.0 Å². The molecular formula is C14H16F3N5O2S. The zero-order valence-electron chi connectivity index (χ0n) is 13.2. The van der Waals surface area contributed by atoms with Crippen molar-refractivity contribution in [3.8, 4) is 11.4 Å². The predicted octanol–water partition coefficient (Wildman–Crippen LogP) is 2.35. The molecule has 0 fully saturated rings. The van der Waals surface area contributed by atoms with Crippen molar-refractivity contribution < 1.29 is 22.7 Å². The Hall–Kier alpha value is -2.43. The molecule has 136 valence electrons. The normalized spacial score (nSPS) is 11.4. The van der Waals surface area contributed by atoms with E-state index in [2.05, 4.69) is 20.3 Å². The number of alkyl carbamates (subject to hydrolysis) is 1. The predicted molar refractivity (Wildman–Crippen MR) is 86.5 cm³/mol. The van der Waals surface area contributed by atoms with Gasteiger partial charge in [0.1, 0.15) is 0 Å². The van der Waals surface area contributed by atoms with Gasteiger partial charge in [-0.25, -0.2) is 9.47 Å². The Morgan fingerprint density at radius 3 is 2.64 bits per heavy atom. The van der Waals surface area contributed by atoms with Crippen LogP contribution in [0.1, 0.15) is 5.56 Å². The van der Waals surface area contributed by atoms with Crippen LogP contribution in [0.4, 0.5) is 18.0 Å². The minimum Gasteiger partial charge on any atom is -0.440 e. The van der Waals surface area contributed by atoms with Crippen LogP contribution in [0.5, 0.6) is 0 Å². The highest BCUT2D eigenvalue weighted by atomic mass is 32.2. The number of amides is 1. The summed E-state index contributed by atoms with van der Waals surface area (Å²) in [5.74, 6) is 6.77. The van der Waals surface area contributed by atoms with E-state index in [1.165, 1.54) is 16.4 Å². The number of nitrogens with one attached hydrogen (secondary N) is 1. The SMILES string of the molecule is Cc1ccc(-c2nnc(SCCNC(=O)OCC(F)(F)F)n2N)cc1. The molecule has 0 aliphatic carbocycles. The van der Waals surface area contributed by atoms with Gasteiger partial charge < -0.3 is 15.9 Å². The number of rotatable bonds is 6. The molecule has 0 aliphatic rings. The zero-order valence-corrected chi connectivity index (χ0v) is 14.0. The summed E-state index contributed by atoms with van der Waals surface area (Å²) >= 11 is 1.20. The van der Waals surface area contributed by atoms with Crippen molar-refractivity contribution in [2.75, 3.05) is 24.7 Å². The van der Waals surface area contributed by atoms with E-state index < -0.39 is 18.9 Å². The summed E-state index contributed by atoms with van der Waals surface area (Å²) in [4.78, 5) is 11.1. The third-order valence-electron chi connectivity index (χ3n) is 2.94. The molecule has 3 N–H and O–H groups in total. The molecule has 0 radical (unpaired) electrons. The molecule has 7 nitrogen and oxygen atoms in total. The van der Waals surface area contributed by atoms with Crippen LogP contribution in [-0.2, 0) is 4.74 Å². The maximum absolute atomic E-state index is 11.9. The smallest absolute Gasteiger partial charge is 0.422 e. The topological polar surface area (TPSA) is 95.1 Å². The van der Waals surface area contributed by atoms with E-state index in [1.807, 2.05) is 31.2 Å². The zero-order chi connectivity index (χ0) is 18.4. The van der Waals surface area contributed by atoms with Gasteiger partial charge in [0, 0.05) is 17.9 Å². The molecule has 2 aromatic rings. The van der Waals surface area contributed by atoms with E-state index in [4.69, 9.17) is 5.84 Å². The number of nitrogens with zero attached hydrogens (tertiary/aromatic N) is 3. The lowest BCUT2D eigenvalue weighted by atomic mass is 10.1. The molecule has 25 heavy (non-hydrogen) atoms. The maximum atomic E-state index is 11.9. The van der Waals surface area contributed by atoms with Crippen molar-refractivity contribution in [1.82, 2.24) is 20.2 Å². The summed E-state index contributed by atoms with van der Waals surface area (Å²) in [7, 11) is 0. The van der Waals surface area contributed by atoms with Crippen LogP contribution in [0.15, 0.2) is 29.4 Å². The molecule has 1 aromatic carbocycles. The van der Waals surface area contributed by atoms with Gasteiger partial charge in [-0.15, -0.1) is 10.2 Å². The second-order valence-corrected chi connectivity index (χ2v) is 6.07. The number of carbonyl (C=O) groups excluding carboxylic acids is 1. The van der Waals surface area contributed by atoms with Gasteiger partial charge in [0.25, 0.3) is 0 Å². The van der Waals surface area contributed by atoms with Gasteiger partial charge in [-0.2, -0.15) is 13.2 Å². The molecule has 2 rings (SSSR count). The molecule has 0 bridgehead atoms. The van der Waals surface area contributed by atoms with E-state index in [0.29, 0.717) is 16.7 Å². The highest BCUT2D eigenvalue weighted by molar-refractivity contribution is 7.99. The molecule has 1 aromatic heterocycles. The first kappa shape index (κ1) is 18.9. The second kappa shape index (κ2) is 8.10. The molecule has 1 heterocycles. The van der Waals surface area contributed by atoms with Gasteiger partial charge in [-0.1, -0.05) is 41.6 Å². The van der Waals surface area contributed by atoms with E-state index in [-0.39, 0.29) is 6.54 Å². The Bertz CT molecular complexity index is 718. The number of hydrogen-bond donors (Lipinski definition) is 2. The lowest BCUT2D eigenvalue weighted by molar-refractivity contribution is -0.160. The number of hydrogen-bond acceptors (Lipinski definition) is 6. The Morgan fingerprint density at radius 1 is 1.32 bits per heavy atom. The minimum atomic E-state index is -4.55. The molecule has 0 saturated heterocycles. The molecule has 0 spiro atoms. The second-order valence-electron chi connectivity index (χ2n) is 5.01. The molecule has 0 aliphatic heterocycles. The van der Waals surface area contributed by atoms with Crippen LogP contribution < -0.4 is 11.2 Å². The number of aryl methyl sites for hydroxylation is 1. The van der Waals surface area contributed by atoms with Crippen LogP contribution in [0.25, 0.3) is 11.4 Å². The van der Waals surface area contributed by atoms with E-state index in [1.54, 1.807) is 0 Å². The van der Waals surface area contributed by atoms with Gasteiger partial charge in [0.15, 0.2) is 12.4 Å². The van der Waals surface area contributed by atoms with Crippen molar-refractivity contribution in [2.24, 2.45) is 0 Å². The van der Waals surface area contributed by atoms with Crippen molar-refractivity contribution in [3.63, 3.8) is 0 Å². The highest BCUT2D eigenvalue weighted by Crippen LogP contribution is 2.21. The highest BCUT2D eigenvalue weighted by Gasteiger charge is 2.29. The first-order valence-electron chi connectivity index (χ1n) is 7.14. The van der Waals surface area contributed by atoms with Gasteiger partial charge in [-0.05, 0) is 6.92 Å². The number of thioether (sulfide) groups is 1. The molecule has 1 amide bonds. The minimum absolute atomic E-state index is 0.0914. The van der Waals surface area contributed by atoms with Gasteiger partial charge in [-0.3, -0.25) is 0 Å². The fourth-order valence-corrected chi connectivity index (χ4v) is 2.48.